The standard InChI is InChI=1S/C14H18O3/c1-14(2,15)9-8-12-6-4-5-7-13(12)17-11-10-16-3/h4-7,15H,10-11H2,1-3H3. The third-order valence-corrected chi connectivity index (χ3v) is 1.94. The summed E-state index contributed by atoms with van der Waals surface area (Å²) < 4.78 is 10.5. The van der Waals surface area contributed by atoms with Gasteiger partial charge in [0, 0.05) is 7.11 Å². The minimum atomic E-state index is -1.00. The van der Waals surface area contributed by atoms with Gasteiger partial charge in [-0.15, -0.1) is 0 Å². The van der Waals surface area contributed by atoms with Crippen molar-refractivity contribution in [2.45, 2.75) is 19.4 Å². The van der Waals surface area contributed by atoms with Crippen molar-refractivity contribution in [1.82, 2.24) is 0 Å². The van der Waals surface area contributed by atoms with Crippen LogP contribution in [0.1, 0.15) is 19.4 Å². The summed E-state index contributed by atoms with van der Waals surface area (Å²) in [5.74, 6) is 6.39. The van der Waals surface area contributed by atoms with E-state index in [2.05, 4.69) is 11.8 Å². The van der Waals surface area contributed by atoms with Crippen molar-refractivity contribution in [3.05, 3.63) is 29.8 Å². The van der Waals surface area contributed by atoms with Gasteiger partial charge in [-0.2, -0.15) is 0 Å². The predicted molar refractivity (Wildman–Crippen MR) is 67.0 cm³/mol. The van der Waals surface area contributed by atoms with Crippen LogP contribution in [0.3, 0.4) is 0 Å². The van der Waals surface area contributed by atoms with E-state index in [1.54, 1.807) is 21.0 Å². The van der Waals surface area contributed by atoms with Gasteiger partial charge >= 0.3 is 0 Å². The van der Waals surface area contributed by atoms with Crippen LogP contribution in [0.5, 0.6) is 5.75 Å². The summed E-state index contributed by atoms with van der Waals surface area (Å²) in [5.41, 5.74) is -0.231. The number of para-hydroxylation sites is 1. The Kier molecular flexibility index (Phi) is 5.02. The van der Waals surface area contributed by atoms with Gasteiger partial charge in [-0.05, 0) is 26.0 Å². The van der Waals surface area contributed by atoms with Crippen molar-refractivity contribution in [2.24, 2.45) is 0 Å². The molecule has 17 heavy (non-hydrogen) atoms. The van der Waals surface area contributed by atoms with Crippen LogP contribution in [0.25, 0.3) is 0 Å². The fourth-order valence-corrected chi connectivity index (χ4v) is 1.15. The van der Waals surface area contributed by atoms with Gasteiger partial charge in [-0.25, -0.2) is 0 Å². The number of hydrogen-bond donors (Lipinski definition) is 1. The average Bonchev–Trinajstić information content (AvgIpc) is 2.27. The smallest absolute Gasteiger partial charge is 0.135 e. The summed E-state index contributed by atoms with van der Waals surface area (Å²) in [5, 5.41) is 9.55. The summed E-state index contributed by atoms with van der Waals surface area (Å²) in [6, 6.07) is 7.49. The zero-order valence-electron chi connectivity index (χ0n) is 10.5. The van der Waals surface area contributed by atoms with Crippen LogP contribution in [0.2, 0.25) is 0 Å². The molecule has 1 rings (SSSR count). The molecule has 0 spiro atoms. The predicted octanol–water partition coefficient (Wildman–Crippen LogP) is 1.83. The SMILES string of the molecule is COCCOc1ccccc1C#CC(C)(C)O. The van der Waals surface area contributed by atoms with Crippen LogP contribution in [0, 0.1) is 11.8 Å². The van der Waals surface area contributed by atoms with Gasteiger partial charge in [-0.3, -0.25) is 0 Å². The van der Waals surface area contributed by atoms with E-state index in [0.29, 0.717) is 19.0 Å². The van der Waals surface area contributed by atoms with Crippen LogP contribution >= 0.6 is 0 Å². The Bertz CT molecular complexity index is 407. The molecule has 0 unspecified atom stereocenters. The van der Waals surface area contributed by atoms with E-state index >= 15 is 0 Å². The maximum absolute atomic E-state index is 9.55. The molecule has 0 aliphatic carbocycles. The first-order chi connectivity index (χ1) is 8.03. The van der Waals surface area contributed by atoms with Gasteiger partial charge in [-0.1, -0.05) is 24.0 Å². The molecule has 0 aliphatic rings. The monoisotopic (exact) mass is 234 g/mol. The number of methoxy groups -OCH3 is 1. The quantitative estimate of drug-likeness (QED) is 0.638. The van der Waals surface area contributed by atoms with E-state index in [9.17, 15) is 5.11 Å². The number of hydrogen-bond acceptors (Lipinski definition) is 3. The van der Waals surface area contributed by atoms with Crippen molar-refractivity contribution in [3.8, 4) is 17.6 Å². The lowest BCUT2D eigenvalue weighted by Crippen LogP contribution is -2.14. The van der Waals surface area contributed by atoms with Crippen LogP contribution < -0.4 is 4.74 Å². The van der Waals surface area contributed by atoms with Crippen LogP contribution in [-0.2, 0) is 4.74 Å². The largest absolute Gasteiger partial charge is 0.490 e. The van der Waals surface area contributed by atoms with E-state index in [-0.39, 0.29) is 0 Å². The molecule has 1 aromatic carbocycles. The first-order valence-electron chi connectivity index (χ1n) is 5.49. The summed E-state index contributed by atoms with van der Waals surface area (Å²) in [6.45, 7) is 4.31. The van der Waals surface area contributed by atoms with Gasteiger partial charge < -0.3 is 14.6 Å². The van der Waals surface area contributed by atoms with Gasteiger partial charge in [0.1, 0.15) is 18.0 Å². The van der Waals surface area contributed by atoms with Crippen LogP contribution in [0.15, 0.2) is 24.3 Å². The first kappa shape index (κ1) is 13.6. The van der Waals surface area contributed by atoms with E-state index in [4.69, 9.17) is 9.47 Å². The minimum absolute atomic E-state index is 0.484. The zero-order chi connectivity index (χ0) is 12.7. The molecular formula is C14H18O3. The van der Waals surface area contributed by atoms with E-state index in [1.807, 2.05) is 24.3 Å². The second-order valence-electron chi connectivity index (χ2n) is 4.15. The number of ether oxygens (including phenoxy) is 2. The summed E-state index contributed by atoms with van der Waals surface area (Å²) >= 11 is 0. The van der Waals surface area contributed by atoms with Crippen LogP contribution in [-0.4, -0.2) is 31.0 Å². The molecule has 0 heterocycles. The maximum Gasteiger partial charge on any atom is 0.135 e. The Balaban J connectivity index is 2.80. The lowest BCUT2D eigenvalue weighted by Gasteiger charge is -2.09. The molecule has 1 N–H and O–H groups in total. The van der Waals surface area contributed by atoms with Gasteiger partial charge in [0.15, 0.2) is 0 Å². The van der Waals surface area contributed by atoms with Crippen molar-refractivity contribution in [1.29, 1.82) is 0 Å². The average molecular weight is 234 g/mol. The maximum atomic E-state index is 9.55. The van der Waals surface area contributed by atoms with Crippen molar-refractivity contribution < 1.29 is 14.6 Å². The molecule has 0 amide bonds. The van der Waals surface area contributed by atoms with E-state index < -0.39 is 5.60 Å². The number of aliphatic hydroxyl groups is 1. The Morgan fingerprint density at radius 2 is 1.94 bits per heavy atom. The van der Waals surface area contributed by atoms with E-state index in [0.717, 1.165) is 5.56 Å². The Morgan fingerprint density at radius 3 is 2.59 bits per heavy atom. The Labute approximate surface area is 102 Å². The molecular weight excluding hydrogens is 216 g/mol. The highest BCUT2D eigenvalue weighted by Crippen LogP contribution is 2.16. The highest BCUT2D eigenvalue weighted by Gasteiger charge is 2.07. The molecule has 0 bridgehead atoms. The topological polar surface area (TPSA) is 38.7 Å². The molecule has 3 nitrogen and oxygen atoms in total. The van der Waals surface area contributed by atoms with E-state index in [1.165, 1.54) is 0 Å². The second-order valence-corrected chi connectivity index (χ2v) is 4.15. The molecule has 0 aromatic heterocycles. The lowest BCUT2D eigenvalue weighted by molar-refractivity contribution is 0.143. The molecule has 0 saturated heterocycles. The molecule has 92 valence electrons. The third kappa shape index (κ3) is 5.39. The second kappa shape index (κ2) is 6.29. The highest BCUT2D eigenvalue weighted by atomic mass is 16.5. The Hall–Kier alpha value is -1.50. The van der Waals surface area contributed by atoms with Crippen molar-refractivity contribution in [2.75, 3.05) is 20.3 Å². The molecule has 0 atom stereocenters. The third-order valence-electron chi connectivity index (χ3n) is 1.94. The molecule has 0 fully saturated rings. The first-order valence-corrected chi connectivity index (χ1v) is 5.49. The lowest BCUT2D eigenvalue weighted by atomic mass is 10.1. The van der Waals surface area contributed by atoms with Crippen LogP contribution in [0.4, 0.5) is 0 Å². The van der Waals surface area contributed by atoms with Crippen molar-refractivity contribution >= 4 is 0 Å². The zero-order valence-corrected chi connectivity index (χ0v) is 10.5. The number of rotatable bonds is 4. The summed E-state index contributed by atoms with van der Waals surface area (Å²) in [4.78, 5) is 0. The molecule has 3 heteroatoms. The molecule has 1 aromatic rings. The highest BCUT2D eigenvalue weighted by molar-refractivity contribution is 5.46. The van der Waals surface area contributed by atoms with Crippen molar-refractivity contribution in [3.63, 3.8) is 0 Å². The summed E-state index contributed by atoms with van der Waals surface area (Å²) in [7, 11) is 1.63. The molecule has 0 aliphatic heterocycles. The Morgan fingerprint density at radius 1 is 1.24 bits per heavy atom. The number of benzene rings is 1. The summed E-state index contributed by atoms with van der Waals surface area (Å²) in [6.07, 6.45) is 0. The normalized spacial score (nSPS) is 10.6. The molecule has 0 saturated carbocycles. The van der Waals surface area contributed by atoms with Gasteiger partial charge in [0.25, 0.3) is 0 Å². The fraction of sp³-hybridized carbons (Fsp3) is 0.429. The minimum Gasteiger partial charge on any atom is -0.490 e. The van der Waals surface area contributed by atoms with Gasteiger partial charge in [0.2, 0.25) is 0 Å². The molecule has 0 radical (unpaired) electrons. The van der Waals surface area contributed by atoms with Gasteiger partial charge in [0.05, 0.1) is 12.2 Å². The fourth-order valence-electron chi connectivity index (χ4n) is 1.15.